The third-order valence-electron chi connectivity index (χ3n) is 4.69. The minimum Gasteiger partial charge on any atom is -0.295 e. The van der Waals surface area contributed by atoms with Gasteiger partial charge >= 0.3 is 0 Å². The van der Waals surface area contributed by atoms with E-state index in [9.17, 15) is 4.79 Å². The molecular weight excluding hydrogens is 284 g/mol. The van der Waals surface area contributed by atoms with Crippen LogP contribution >= 0.6 is 0 Å². The zero-order chi connectivity index (χ0) is 15.9. The molecule has 3 aromatic rings. The zero-order valence-electron chi connectivity index (χ0n) is 13.1. The molecule has 0 radical (unpaired) electrons. The van der Waals surface area contributed by atoms with Gasteiger partial charge in [-0.2, -0.15) is 0 Å². The minimum atomic E-state index is -0.580. The molecule has 0 N–H and O–H groups in total. The lowest BCUT2D eigenvalue weighted by Crippen LogP contribution is -2.36. The number of hydrogen-bond acceptors (Lipinski definition) is 2. The van der Waals surface area contributed by atoms with Crippen LogP contribution in [0, 0.1) is 0 Å². The van der Waals surface area contributed by atoms with E-state index in [4.69, 9.17) is 4.98 Å². The fourth-order valence-corrected chi connectivity index (χ4v) is 3.33. The Labute approximate surface area is 135 Å². The Morgan fingerprint density at radius 2 is 1.78 bits per heavy atom. The highest BCUT2D eigenvalue weighted by molar-refractivity contribution is 5.99. The second-order valence-electron chi connectivity index (χ2n) is 6.23. The van der Waals surface area contributed by atoms with Crippen LogP contribution in [0.15, 0.2) is 66.7 Å². The number of fused-ring (bicyclic) bond motifs is 1. The summed E-state index contributed by atoms with van der Waals surface area (Å²) in [5.74, 6) is 0.968. The summed E-state index contributed by atoms with van der Waals surface area (Å²) in [5.41, 5.74) is 2.43. The summed E-state index contributed by atoms with van der Waals surface area (Å²) >= 11 is 0. The van der Waals surface area contributed by atoms with E-state index in [1.165, 1.54) is 0 Å². The summed E-state index contributed by atoms with van der Waals surface area (Å²) in [6, 6.07) is 18.2. The highest BCUT2D eigenvalue weighted by Crippen LogP contribution is 2.36. The highest BCUT2D eigenvalue weighted by Gasteiger charge is 2.39. The first-order chi connectivity index (χ1) is 11.2. The molecule has 4 rings (SSSR count). The summed E-state index contributed by atoms with van der Waals surface area (Å²) in [4.78, 5) is 17.5. The zero-order valence-corrected chi connectivity index (χ0v) is 13.1. The van der Waals surface area contributed by atoms with Crippen LogP contribution in [-0.4, -0.2) is 15.3 Å². The van der Waals surface area contributed by atoms with Gasteiger partial charge in [0.05, 0.1) is 16.4 Å². The van der Waals surface area contributed by atoms with Crippen molar-refractivity contribution >= 4 is 16.8 Å². The van der Waals surface area contributed by atoms with Crippen LogP contribution in [0.3, 0.4) is 0 Å². The molecule has 1 atom stereocenters. The van der Waals surface area contributed by atoms with Crippen LogP contribution in [-0.2, 0) is 10.2 Å². The normalized spacial score (nSPS) is 21.0. The number of hydrogen-bond donors (Lipinski definition) is 0. The smallest absolute Gasteiger partial charge is 0.168 e. The Morgan fingerprint density at radius 1 is 1.04 bits per heavy atom. The quantitative estimate of drug-likeness (QED) is 0.711. The molecule has 0 fully saturated rings. The molecular formula is C20H18N2O. The van der Waals surface area contributed by atoms with Gasteiger partial charge in [-0.3, -0.25) is 9.36 Å². The largest absolute Gasteiger partial charge is 0.295 e. The molecule has 114 valence electrons. The third-order valence-corrected chi connectivity index (χ3v) is 4.69. The molecule has 1 heterocycles. The number of carbonyl (C=O) groups is 1. The molecule has 0 amide bonds. The van der Waals surface area contributed by atoms with Crippen molar-refractivity contribution in [3.8, 4) is 5.69 Å². The maximum absolute atomic E-state index is 12.6. The maximum Gasteiger partial charge on any atom is 0.168 e. The lowest BCUT2D eigenvalue weighted by atomic mass is 9.77. The van der Waals surface area contributed by atoms with Crippen molar-refractivity contribution in [2.45, 2.75) is 25.2 Å². The fourth-order valence-electron chi connectivity index (χ4n) is 3.33. The first kappa shape index (κ1) is 13.9. The fraction of sp³-hybridized carbons (Fsp3) is 0.200. The first-order valence-corrected chi connectivity index (χ1v) is 7.94. The van der Waals surface area contributed by atoms with Gasteiger partial charge in [-0.25, -0.2) is 4.98 Å². The Kier molecular flexibility index (Phi) is 3.15. The Morgan fingerprint density at radius 3 is 2.57 bits per heavy atom. The van der Waals surface area contributed by atoms with Crippen LogP contribution in [0.1, 0.15) is 25.6 Å². The van der Waals surface area contributed by atoms with Crippen molar-refractivity contribution in [1.82, 2.24) is 9.55 Å². The lowest BCUT2D eigenvalue weighted by molar-refractivity contribution is -0.120. The van der Waals surface area contributed by atoms with Crippen LogP contribution in [0.4, 0.5) is 0 Å². The number of carbonyl (C=O) groups excluding carboxylic acids is 1. The third kappa shape index (κ3) is 2.12. The first-order valence-electron chi connectivity index (χ1n) is 7.94. The molecule has 1 aliphatic carbocycles. The number of imidazole rings is 1. The molecule has 0 bridgehead atoms. The maximum atomic E-state index is 12.6. The molecule has 1 aliphatic rings. The van der Waals surface area contributed by atoms with E-state index in [1.807, 2.05) is 49.4 Å². The van der Waals surface area contributed by atoms with Crippen molar-refractivity contribution in [2.75, 3.05) is 0 Å². The number of benzene rings is 2. The summed E-state index contributed by atoms with van der Waals surface area (Å²) in [7, 11) is 0. The van der Waals surface area contributed by atoms with Crippen molar-refractivity contribution in [1.29, 1.82) is 0 Å². The minimum absolute atomic E-state index is 0.135. The topological polar surface area (TPSA) is 34.9 Å². The molecule has 3 heteroatoms. The van der Waals surface area contributed by atoms with Crippen LogP contribution in [0.25, 0.3) is 16.7 Å². The van der Waals surface area contributed by atoms with Gasteiger partial charge in [0.15, 0.2) is 5.78 Å². The monoisotopic (exact) mass is 302 g/mol. The molecule has 0 saturated carbocycles. The van der Waals surface area contributed by atoms with Crippen molar-refractivity contribution in [3.63, 3.8) is 0 Å². The molecule has 2 aromatic carbocycles. The number of nitrogens with zero attached hydrogens (tertiary/aromatic N) is 2. The molecule has 0 spiro atoms. The predicted molar refractivity (Wildman–Crippen MR) is 91.8 cm³/mol. The van der Waals surface area contributed by atoms with E-state index >= 15 is 0 Å². The number of rotatable bonds is 2. The number of para-hydroxylation sites is 3. The Hall–Kier alpha value is -2.68. The number of allylic oxidation sites excluding steroid dienone is 2. The highest BCUT2D eigenvalue weighted by atomic mass is 16.1. The molecule has 3 nitrogen and oxygen atoms in total. The van der Waals surface area contributed by atoms with Crippen molar-refractivity contribution in [3.05, 3.63) is 72.6 Å². The molecule has 1 unspecified atom stereocenters. The van der Waals surface area contributed by atoms with Gasteiger partial charge in [-0.05, 0) is 50.1 Å². The summed E-state index contributed by atoms with van der Waals surface area (Å²) in [5, 5.41) is 0. The number of ketones is 1. The standard InChI is InChI=1S/C20H18N2O/c1-20(14-8-7-13-18(20)23)19-21-16-11-5-6-12-17(16)22(19)15-9-3-2-4-10-15/h2-7,9-13H,8,14H2,1H3. The molecule has 1 aromatic heterocycles. The van der Waals surface area contributed by atoms with Crippen LogP contribution in [0.2, 0.25) is 0 Å². The van der Waals surface area contributed by atoms with Gasteiger partial charge in [0.1, 0.15) is 5.82 Å². The summed E-state index contributed by atoms with van der Waals surface area (Å²) in [6.07, 6.45) is 5.36. The van der Waals surface area contributed by atoms with E-state index in [1.54, 1.807) is 6.08 Å². The van der Waals surface area contributed by atoms with E-state index in [0.29, 0.717) is 0 Å². The van der Waals surface area contributed by atoms with E-state index in [2.05, 4.69) is 22.8 Å². The summed E-state index contributed by atoms with van der Waals surface area (Å²) in [6.45, 7) is 2.01. The predicted octanol–water partition coefficient (Wildman–Crippen LogP) is 4.20. The Bertz CT molecular complexity index is 908. The SMILES string of the molecule is CC1(c2nc3ccccc3n2-c2ccccc2)CCC=CC1=O. The Balaban J connectivity index is 2.04. The van der Waals surface area contributed by atoms with Gasteiger partial charge in [0.25, 0.3) is 0 Å². The van der Waals surface area contributed by atoms with Crippen LogP contribution in [0.5, 0.6) is 0 Å². The van der Waals surface area contributed by atoms with Crippen molar-refractivity contribution < 1.29 is 4.79 Å². The van der Waals surface area contributed by atoms with E-state index in [0.717, 1.165) is 35.4 Å². The number of aromatic nitrogens is 2. The lowest BCUT2D eigenvalue weighted by Gasteiger charge is -2.29. The van der Waals surface area contributed by atoms with E-state index < -0.39 is 5.41 Å². The van der Waals surface area contributed by atoms with Gasteiger partial charge in [-0.1, -0.05) is 36.4 Å². The second kappa shape index (κ2) is 5.20. The van der Waals surface area contributed by atoms with Gasteiger partial charge in [-0.15, -0.1) is 0 Å². The van der Waals surface area contributed by atoms with Crippen molar-refractivity contribution in [2.24, 2.45) is 0 Å². The molecule has 0 saturated heterocycles. The second-order valence-corrected chi connectivity index (χ2v) is 6.23. The van der Waals surface area contributed by atoms with E-state index in [-0.39, 0.29) is 5.78 Å². The van der Waals surface area contributed by atoms with Gasteiger partial charge in [0, 0.05) is 5.69 Å². The van der Waals surface area contributed by atoms with Gasteiger partial charge in [0.2, 0.25) is 0 Å². The molecule has 0 aliphatic heterocycles. The summed E-state index contributed by atoms with van der Waals surface area (Å²) < 4.78 is 2.13. The average Bonchev–Trinajstić information content (AvgIpc) is 2.98. The molecule has 23 heavy (non-hydrogen) atoms. The van der Waals surface area contributed by atoms with Crippen LogP contribution < -0.4 is 0 Å². The average molecular weight is 302 g/mol. The van der Waals surface area contributed by atoms with Gasteiger partial charge < -0.3 is 0 Å².